The van der Waals surface area contributed by atoms with Gasteiger partial charge in [-0.1, -0.05) is 17.7 Å². The molecule has 3 rings (SSSR count). The number of halogens is 1. The zero-order chi connectivity index (χ0) is 15.1. The Morgan fingerprint density at radius 1 is 1.19 bits per heavy atom. The summed E-state index contributed by atoms with van der Waals surface area (Å²) < 4.78 is 5.94. The molecule has 1 amide bonds. The molecule has 0 spiro atoms. The van der Waals surface area contributed by atoms with Gasteiger partial charge in [0.1, 0.15) is 17.5 Å². The molecule has 1 atom stereocenters. The van der Waals surface area contributed by atoms with Crippen molar-refractivity contribution < 1.29 is 9.53 Å². The molecule has 0 fully saturated rings. The Bertz CT molecular complexity index is 720. The van der Waals surface area contributed by atoms with Crippen LogP contribution in [0.15, 0.2) is 30.3 Å². The molecule has 0 aliphatic carbocycles. The number of benzene rings is 2. The molecule has 0 saturated heterocycles. The molecular formula is C16H15ClN2O2. The lowest BCUT2D eigenvalue weighted by Gasteiger charge is -2.13. The zero-order valence-electron chi connectivity index (χ0n) is 11.7. The normalized spacial score (nSPS) is 16.6. The number of nitrogens with two attached hydrogens (primary N) is 1. The number of hydrogen-bond acceptors (Lipinski definition) is 3. The van der Waals surface area contributed by atoms with Gasteiger partial charge in [0, 0.05) is 22.3 Å². The van der Waals surface area contributed by atoms with E-state index in [9.17, 15) is 4.79 Å². The van der Waals surface area contributed by atoms with Crippen molar-refractivity contribution in [3.05, 3.63) is 52.0 Å². The van der Waals surface area contributed by atoms with Gasteiger partial charge in [0.25, 0.3) is 0 Å². The number of aryl methyl sites for hydroxylation is 2. The highest BCUT2D eigenvalue weighted by Gasteiger charge is 2.27. The maximum atomic E-state index is 11.6. The monoisotopic (exact) mass is 302 g/mol. The summed E-state index contributed by atoms with van der Waals surface area (Å²) in [5.74, 6) is 1.23. The largest absolute Gasteiger partial charge is 0.457 e. The predicted molar refractivity (Wildman–Crippen MR) is 83.0 cm³/mol. The van der Waals surface area contributed by atoms with E-state index in [2.05, 4.69) is 5.32 Å². The minimum Gasteiger partial charge on any atom is -0.457 e. The fourth-order valence-electron chi connectivity index (χ4n) is 2.51. The maximum absolute atomic E-state index is 11.6. The second-order valence-electron chi connectivity index (χ2n) is 5.19. The van der Waals surface area contributed by atoms with Crippen molar-refractivity contribution in [3.8, 4) is 11.5 Å². The lowest BCUT2D eigenvalue weighted by Crippen LogP contribution is -2.19. The molecule has 0 radical (unpaired) electrons. The SMILES string of the molecule is Cc1cc(Cl)cc(C)c1Oc1ccc2c(c1)NC(=O)C2N. The average molecular weight is 303 g/mol. The van der Waals surface area contributed by atoms with E-state index in [1.165, 1.54) is 0 Å². The summed E-state index contributed by atoms with van der Waals surface area (Å²) in [5, 5.41) is 3.43. The number of rotatable bonds is 2. The van der Waals surface area contributed by atoms with Gasteiger partial charge in [0.2, 0.25) is 5.91 Å². The summed E-state index contributed by atoms with van der Waals surface area (Å²) in [6.45, 7) is 3.89. The third kappa shape index (κ3) is 2.48. The molecule has 5 heteroatoms. The average Bonchev–Trinajstić information content (AvgIpc) is 2.69. The van der Waals surface area contributed by atoms with Crippen molar-refractivity contribution >= 4 is 23.2 Å². The van der Waals surface area contributed by atoms with Crippen molar-refractivity contribution in [2.45, 2.75) is 19.9 Å². The third-order valence-corrected chi connectivity index (χ3v) is 3.76. The Labute approximate surface area is 127 Å². The van der Waals surface area contributed by atoms with Crippen LogP contribution in [0.4, 0.5) is 5.69 Å². The predicted octanol–water partition coefficient (Wildman–Crippen LogP) is 3.70. The van der Waals surface area contributed by atoms with E-state index in [-0.39, 0.29) is 5.91 Å². The van der Waals surface area contributed by atoms with Crippen molar-refractivity contribution in [1.82, 2.24) is 0 Å². The fraction of sp³-hybridized carbons (Fsp3) is 0.188. The van der Waals surface area contributed by atoms with E-state index in [0.717, 1.165) is 22.4 Å². The second kappa shape index (κ2) is 5.06. The topological polar surface area (TPSA) is 64.3 Å². The summed E-state index contributed by atoms with van der Waals surface area (Å²) in [4.78, 5) is 11.6. The first-order valence-corrected chi connectivity index (χ1v) is 6.98. The molecule has 0 saturated carbocycles. The first kappa shape index (κ1) is 13.9. The van der Waals surface area contributed by atoms with Gasteiger partial charge < -0.3 is 15.8 Å². The molecule has 0 bridgehead atoms. The number of anilines is 1. The van der Waals surface area contributed by atoms with E-state index in [1.54, 1.807) is 6.07 Å². The van der Waals surface area contributed by atoms with Gasteiger partial charge in [-0.3, -0.25) is 4.79 Å². The van der Waals surface area contributed by atoms with Crippen molar-refractivity contribution in [2.24, 2.45) is 5.73 Å². The highest BCUT2D eigenvalue weighted by atomic mass is 35.5. The van der Waals surface area contributed by atoms with Crippen LogP contribution in [0, 0.1) is 13.8 Å². The lowest BCUT2D eigenvalue weighted by atomic mass is 10.1. The van der Waals surface area contributed by atoms with Crippen LogP contribution in [-0.4, -0.2) is 5.91 Å². The maximum Gasteiger partial charge on any atom is 0.245 e. The first-order chi connectivity index (χ1) is 9.95. The van der Waals surface area contributed by atoms with Crippen LogP contribution < -0.4 is 15.8 Å². The number of fused-ring (bicyclic) bond motifs is 1. The van der Waals surface area contributed by atoms with Crippen molar-refractivity contribution in [3.63, 3.8) is 0 Å². The molecule has 1 aliphatic heterocycles. The van der Waals surface area contributed by atoms with E-state index in [1.807, 2.05) is 38.1 Å². The molecular weight excluding hydrogens is 288 g/mol. The summed E-state index contributed by atoms with van der Waals surface area (Å²) in [5.41, 5.74) is 9.20. The van der Waals surface area contributed by atoms with Crippen LogP contribution in [0.3, 0.4) is 0 Å². The zero-order valence-corrected chi connectivity index (χ0v) is 12.5. The molecule has 3 N–H and O–H groups in total. The van der Waals surface area contributed by atoms with Crippen LogP contribution in [0.5, 0.6) is 11.5 Å². The lowest BCUT2D eigenvalue weighted by molar-refractivity contribution is -0.116. The van der Waals surface area contributed by atoms with Crippen LogP contribution in [0.25, 0.3) is 0 Å². The van der Waals surface area contributed by atoms with Gasteiger partial charge >= 0.3 is 0 Å². The van der Waals surface area contributed by atoms with Crippen LogP contribution in [0.1, 0.15) is 22.7 Å². The molecule has 2 aromatic carbocycles. The smallest absolute Gasteiger partial charge is 0.245 e. The van der Waals surface area contributed by atoms with Gasteiger partial charge in [-0.15, -0.1) is 0 Å². The summed E-state index contributed by atoms with van der Waals surface area (Å²) >= 11 is 6.02. The van der Waals surface area contributed by atoms with Crippen LogP contribution in [-0.2, 0) is 4.79 Å². The standard InChI is InChI=1S/C16H15ClN2O2/c1-8-5-10(17)6-9(2)15(8)21-11-3-4-12-13(7-11)19-16(20)14(12)18/h3-7,14H,18H2,1-2H3,(H,19,20). The van der Waals surface area contributed by atoms with Crippen LogP contribution in [0.2, 0.25) is 5.02 Å². The first-order valence-electron chi connectivity index (χ1n) is 6.60. The Kier molecular flexibility index (Phi) is 3.35. The quantitative estimate of drug-likeness (QED) is 0.889. The van der Waals surface area contributed by atoms with Gasteiger partial charge in [-0.25, -0.2) is 0 Å². The highest BCUT2D eigenvalue weighted by molar-refractivity contribution is 6.30. The molecule has 21 heavy (non-hydrogen) atoms. The molecule has 1 aliphatic rings. The summed E-state index contributed by atoms with van der Waals surface area (Å²) in [7, 11) is 0. The van der Waals surface area contributed by atoms with E-state index < -0.39 is 6.04 Å². The molecule has 2 aromatic rings. The van der Waals surface area contributed by atoms with Crippen molar-refractivity contribution in [2.75, 3.05) is 5.32 Å². The molecule has 1 heterocycles. The summed E-state index contributed by atoms with van der Waals surface area (Å²) in [6, 6.07) is 8.52. The number of ether oxygens (including phenoxy) is 1. The third-order valence-electron chi connectivity index (χ3n) is 3.55. The number of carbonyl (C=O) groups excluding carboxylic acids is 1. The van der Waals surface area contributed by atoms with Gasteiger partial charge in [0.15, 0.2) is 0 Å². The molecule has 108 valence electrons. The van der Waals surface area contributed by atoms with Gasteiger partial charge in [-0.2, -0.15) is 0 Å². The Morgan fingerprint density at radius 3 is 2.52 bits per heavy atom. The van der Waals surface area contributed by atoms with E-state index in [4.69, 9.17) is 22.1 Å². The number of amides is 1. The fourth-order valence-corrected chi connectivity index (χ4v) is 2.83. The van der Waals surface area contributed by atoms with E-state index in [0.29, 0.717) is 16.5 Å². The Balaban J connectivity index is 1.94. The highest BCUT2D eigenvalue weighted by Crippen LogP contribution is 2.36. The summed E-state index contributed by atoms with van der Waals surface area (Å²) in [6.07, 6.45) is 0. The Morgan fingerprint density at radius 2 is 1.86 bits per heavy atom. The van der Waals surface area contributed by atoms with E-state index >= 15 is 0 Å². The minimum atomic E-state index is -0.604. The number of nitrogens with one attached hydrogen (secondary N) is 1. The van der Waals surface area contributed by atoms with Gasteiger partial charge in [0.05, 0.1) is 0 Å². The van der Waals surface area contributed by atoms with Crippen LogP contribution >= 0.6 is 11.6 Å². The Hall–Kier alpha value is -2.04. The molecule has 1 unspecified atom stereocenters. The minimum absolute atomic E-state index is 0.194. The number of hydrogen-bond donors (Lipinski definition) is 2. The molecule has 0 aromatic heterocycles. The molecule has 4 nitrogen and oxygen atoms in total. The second-order valence-corrected chi connectivity index (χ2v) is 5.62. The van der Waals surface area contributed by atoms with Gasteiger partial charge in [-0.05, 0) is 43.2 Å². The van der Waals surface area contributed by atoms with Crippen molar-refractivity contribution in [1.29, 1.82) is 0 Å². The number of carbonyl (C=O) groups is 1.